The number of halogens is 3. The number of guanidine groups is 1. The number of carbonyl (C=O) groups is 2. The number of anilines is 1. The van der Waals surface area contributed by atoms with Crippen molar-refractivity contribution in [3.63, 3.8) is 0 Å². The minimum Gasteiger partial charge on any atom is -0.480 e. The van der Waals surface area contributed by atoms with E-state index < -0.39 is 29.7 Å². The van der Waals surface area contributed by atoms with E-state index in [0.29, 0.717) is 37.2 Å². The largest absolute Gasteiger partial charge is 0.480 e. The number of carboxylic acids is 1. The third-order valence-corrected chi connectivity index (χ3v) is 6.21. The number of aliphatic imine (C=N–C) groups is 1. The van der Waals surface area contributed by atoms with Crippen LogP contribution in [0.15, 0.2) is 47.5 Å². The number of carboxylic acid groups (broad SMARTS) is 1. The van der Waals surface area contributed by atoms with Crippen LogP contribution in [-0.4, -0.2) is 55.3 Å². The highest BCUT2D eigenvalue weighted by molar-refractivity contribution is 6.05. The van der Waals surface area contributed by atoms with Gasteiger partial charge in [0.05, 0.1) is 18.2 Å². The molecule has 3 rings (SSSR count). The Morgan fingerprint density at radius 2 is 1.84 bits per heavy atom. The molecule has 0 radical (unpaired) electrons. The molecule has 6 N–H and O–H groups in total. The van der Waals surface area contributed by atoms with E-state index in [0.717, 1.165) is 6.07 Å². The fraction of sp³-hybridized carbons (Fsp3) is 0.400. The van der Waals surface area contributed by atoms with Crippen LogP contribution in [0.5, 0.6) is 0 Å². The molecule has 1 heterocycles. The van der Waals surface area contributed by atoms with Gasteiger partial charge in [0.15, 0.2) is 5.96 Å². The SMILES string of the molecule is COC1CCN(c2cccc(C(F)(F)F)c2CN=C(N)NC(=O)c2ccc(C[C@H](N)C(=O)O)cc2)CC1. The van der Waals surface area contributed by atoms with E-state index in [4.69, 9.17) is 21.3 Å². The van der Waals surface area contributed by atoms with Gasteiger partial charge in [-0.2, -0.15) is 13.2 Å². The molecule has 0 aromatic heterocycles. The van der Waals surface area contributed by atoms with E-state index in [1.165, 1.54) is 18.2 Å². The Morgan fingerprint density at radius 3 is 2.41 bits per heavy atom. The van der Waals surface area contributed by atoms with Gasteiger partial charge in [-0.05, 0) is 49.1 Å². The summed E-state index contributed by atoms with van der Waals surface area (Å²) in [4.78, 5) is 29.3. The normalized spacial score (nSPS) is 15.9. The number of amides is 1. The second kappa shape index (κ2) is 12.1. The average molecular weight is 522 g/mol. The van der Waals surface area contributed by atoms with Gasteiger partial charge in [0, 0.05) is 37.0 Å². The molecule has 1 aliphatic rings. The summed E-state index contributed by atoms with van der Waals surface area (Å²) in [6, 6.07) is 8.97. The van der Waals surface area contributed by atoms with E-state index in [9.17, 15) is 22.8 Å². The zero-order valence-electron chi connectivity index (χ0n) is 20.3. The van der Waals surface area contributed by atoms with Crippen LogP contribution in [0.2, 0.25) is 0 Å². The molecule has 37 heavy (non-hydrogen) atoms. The van der Waals surface area contributed by atoms with Crippen LogP contribution in [0.25, 0.3) is 0 Å². The topological polar surface area (TPSA) is 143 Å². The van der Waals surface area contributed by atoms with Gasteiger partial charge in [0.1, 0.15) is 6.04 Å². The number of hydrogen-bond acceptors (Lipinski definition) is 6. The van der Waals surface area contributed by atoms with Crippen molar-refractivity contribution in [2.24, 2.45) is 16.5 Å². The van der Waals surface area contributed by atoms with Crippen molar-refractivity contribution < 1.29 is 32.6 Å². The highest BCUT2D eigenvalue weighted by Gasteiger charge is 2.35. The maximum Gasteiger partial charge on any atom is 0.416 e. The van der Waals surface area contributed by atoms with Crippen LogP contribution in [-0.2, 0) is 28.7 Å². The van der Waals surface area contributed by atoms with Gasteiger partial charge in [-0.1, -0.05) is 18.2 Å². The Hall–Kier alpha value is -3.64. The molecule has 0 saturated carbocycles. The molecule has 0 spiro atoms. The van der Waals surface area contributed by atoms with Crippen molar-refractivity contribution in [1.82, 2.24) is 5.32 Å². The summed E-state index contributed by atoms with van der Waals surface area (Å²) in [5.41, 5.74) is 11.8. The minimum atomic E-state index is -4.59. The first-order valence-electron chi connectivity index (χ1n) is 11.6. The molecule has 1 atom stereocenters. The molecule has 1 amide bonds. The number of piperidine rings is 1. The first-order chi connectivity index (χ1) is 17.5. The van der Waals surface area contributed by atoms with E-state index in [1.54, 1.807) is 25.3 Å². The van der Waals surface area contributed by atoms with Crippen LogP contribution < -0.4 is 21.7 Å². The van der Waals surface area contributed by atoms with Crippen LogP contribution in [0, 0.1) is 0 Å². The molecule has 0 bridgehead atoms. The van der Waals surface area contributed by atoms with Crippen molar-refractivity contribution in [1.29, 1.82) is 0 Å². The molecule has 1 saturated heterocycles. The number of nitrogens with one attached hydrogen (secondary N) is 1. The Balaban J connectivity index is 1.74. The summed E-state index contributed by atoms with van der Waals surface area (Å²) in [7, 11) is 1.62. The number of ether oxygens (including phenoxy) is 1. The summed E-state index contributed by atoms with van der Waals surface area (Å²) in [6.07, 6.45) is -3.06. The predicted octanol–water partition coefficient (Wildman–Crippen LogP) is 2.52. The number of alkyl halides is 3. The Morgan fingerprint density at radius 1 is 1.19 bits per heavy atom. The molecular formula is C25H30F3N5O4. The van der Waals surface area contributed by atoms with Gasteiger partial charge in [-0.15, -0.1) is 0 Å². The van der Waals surface area contributed by atoms with Crippen molar-refractivity contribution in [2.75, 3.05) is 25.1 Å². The molecule has 12 heteroatoms. The molecule has 1 aliphatic heterocycles. The zero-order chi connectivity index (χ0) is 27.2. The van der Waals surface area contributed by atoms with E-state index in [-0.39, 0.29) is 36.2 Å². The number of nitrogens with two attached hydrogens (primary N) is 2. The monoisotopic (exact) mass is 521 g/mol. The second-order valence-electron chi connectivity index (χ2n) is 8.72. The number of hydrogen-bond donors (Lipinski definition) is 4. The lowest BCUT2D eigenvalue weighted by Crippen LogP contribution is -2.38. The Kier molecular flexibility index (Phi) is 9.11. The number of aliphatic carboxylic acids is 1. The number of methoxy groups -OCH3 is 1. The predicted molar refractivity (Wildman–Crippen MR) is 132 cm³/mol. The molecule has 0 unspecified atom stereocenters. The maximum absolute atomic E-state index is 13.8. The third-order valence-electron chi connectivity index (χ3n) is 6.21. The fourth-order valence-corrected chi connectivity index (χ4v) is 4.16. The first kappa shape index (κ1) is 27.9. The van der Waals surface area contributed by atoms with E-state index in [1.807, 2.05) is 4.90 Å². The lowest BCUT2D eigenvalue weighted by atomic mass is 10.0. The van der Waals surface area contributed by atoms with Gasteiger partial charge in [-0.25, -0.2) is 4.99 Å². The van der Waals surface area contributed by atoms with Gasteiger partial charge in [0.25, 0.3) is 5.91 Å². The highest BCUT2D eigenvalue weighted by Crippen LogP contribution is 2.37. The summed E-state index contributed by atoms with van der Waals surface area (Å²) in [6.45, 7) is 0.694. The minimum absolute atomic E-state index is 0.0258. The van der Waals surface area contributed by atoms with Crippen LogP contribution in [0.3, 0.4) is 0 Å². The van der Waals surface area contributed by atoms with Gasteiger partial charge < -0.3 is 26.2 Å². The molecular weight excluding hydrogens is 491 g/mol. The second-order valence-corrected chi connectivity index (χ2v) is 8.72. The van der Waals surface area contributed by atoms with E-state index in [2.05, 4.69) is 10.3 Å². The highest BCUT2D eigenvalue weighted by atomic mass is 19.4. The maximum atomic E-state index is 13.8. The van der Waals surface area contributed by atoms with Crippen LogP contribution >= 0.6 is 0 Å². The summed E-state index contributed by atoms with van der Waals surface area (Å²) < 4.78 is 46.7. The molecule has 2 aromatic carbocycles. The molecule has 1 fully saturated rings. The van der Waals surface area contributed by atoms with E-state index >= 15 is 0 Å². The van der Waals surface area contributed by atoms with Crippen molar-refractivity contribution in [2.45, 2.75) is 44.1 Å². The summed E-state index contributed by atoms with van der Waals surface area (Å²) >= 11 is 0. The number of nitrogens with zero attached hydrogens (tertiary/aromatic N) is 2. The number of rotatable bonds is 8. The van der Waals surface area contributed by atoms with Gasteiger partial charge >= 0.3 is 12.1 Å². The third kappa shape index (κ3) is 7.43. The van der Waals surface area contributed by atoms with Crippen molar-refractivity contribution in [3.8, 4) is 0 Å². The molecule has 200 valence electrons. The Bertz CT molecular complexity index is 1130. The zero-order valence-corrected chi connectivity index (χ0v) is 20.3. The lowest BCUT2D eigenvalue weighted by molar-refractivity contribution is -0.139. The van der Waals surface area contributed by atoms with Crippen LogP contribution in [0.4, 0.5) is 18.9 Å². The standard InChI is InChI=1S/C25H30F3N5O4/c1-37-17-9-11-33(12-10-17)21-4-2-3-19(25(26,27)28)18(21)14-31-24(30)32-22(34)16-7-5-15(6-8-16)13-20(29)23(35)36/h2-8,17,20H,9-14,29H2,1H3,(H,35,36)(H3,30,31,32,34)/t20-/m0/s1. The van der Waals surface area contributed by atoms with Gasteiger partial charge in [0.2, 0.25) is 0 Å². The average Bonchev–Trinajstić information content (AvgIpc) is 2.87. The quantitative estimate of drug-likeness (QED) is 0.309. The van der Waals surface area contributed by atoms with Crippen LogP contribution in [0.1, 0.15) is 39.9 Å². The van der Waals surface area contributed by atoms with Crippen molar-refractivity contribution in [3.05, 3.63) is 64.7 Å². The molecule has 0 aliphatic carbocycles. The number of benzene rings is 2. The molecule has 2 aromatic rings. The summed E-state index contributed by atoms with van der Waals surface area (Å²) in [5, 5.41) is 11.3. The lowest BCUT2D eigenvalue weighted by Gasteiger charge is -2.34. The van der Waals surface area contributed by atoms with Crippen molar-refractivity contribution >= 4 is 23.5 Å². The fourth-order valence-electron chi connectivity index (χ4n) is 4.16. The molecule has 9 nitrogen and oxygen atoms in total. The first-order valence-corrected chi connectivity index (χ1v) is 11.6. The number of carbonyl (C=O) groups excluding carboxylic acids is 1. The smallest absolute Gasteiger partial charge is 0.416 e. The van der Waals surface area contributed by atoms with Gasteiger partial charge in [-0.3, -0.25) is 14.9 Å². The summed E-state index contributed by atoms with van der Waals surface area (Å²) in [5.74, 6) is -2.08. The Labute approximate surface area is 212 Å².